The zero-order valence-corrected chi connectivity index (χ0v) is 14.4. The van der Waals surface area contributed by atoms with Crippen LogP contribution in [0, 0.1) is 11.2 Å². The van der Waals surface area contributed by atoms with Crippen LogP contribution in [0.15, 0.2) is 35.7 Å². The number of rotatable bonds is 4. The first-order valence-corrected chi connectivity index (χ1v) is 8.22. The first kappa shape index (κ1) is 17.4. The molecule has 0 aliphatic carbocycles. The van der Waals surface area contributed by atoms with Gasteiger partial charge in [-0.25, -0.2) is 4.39 Å². The molecule has 22 heavy (non-hydrogen) atoms. The molecule has 0 radical (unpaired) electrons. The van der Waals surface area contributed by atoms with Gasteiger partial charge in [-0.15, -0.1) is 23.7 Å². The molecule has 2 nitrogen and oxygen atoms in total. The molecule has 0 spiro atoms. The second kappa shape index (κ2) is 7.09. The van der Waals surface area contributed by atoms with Crippen LogP contribution in [0.2, 0.25) is 0 Å². The van der Waals surface area contributed by atoms with Crippen molar-refractivity contribution in [3.05, 3.63) is 47.1 Å². The summed E-state index contributed by atoms with van der Waals surface area (Å²) in [5.74, 6) is -0.144. The zero-order valence-electron chi connectivity index (χ0n) is 12.7. The molecule has 1 aromatic heterocycles. The summed E-state index contributed by atoms with van der Waals surface area (Å²) in [6, 6.07) is 9.39. The summed E-state index contributed by atoms with van der Waals surface area (Å²) in [7, 11) is 0. The van der Waals surface area contributed by atoms with Crippen LogP contribution in [0.5, 0.6) is 0 Å². The molecule has 1 aliphatic rings. The average molecular weight is 341 g/mol. The van der Waals surface area contributed by atoms with E-state index in [9.17, 15) is 4.39 Å². The molecule has 3 rings (SSSR count). The van der Waals surface area contributed by atoms with Crippen molar-refractivity contribution in [2.45, 2.75) is 19.9 Å². The average Bonchev–Trinajstić information content (AvgIpc) is 3.12. The Morgan fingerprint density at radius 1 is 1.36 bits per heavy atom. The fourth-order valence-corrected chi connectivity index (χ4v) is 3.72. The maximum atomic E-state index is 14.0. The van der Waals surface area contributed by atoms with Gasteiger partial charge in [-0.2, -0.15) is 0 Å². The van der Waals surface area contributed by atoms with Crippen molar-refractivity contribution in [1.82, 2.24) is 4.90 Å². The van der Waals surface area contributed by atoms with Gasteiger partial charge in [0, 0.05) is 23.5 Å². The highest BCUT2D eigenvalue weighted by atomic mass is 35.5. The predicted octanol–water partition coefficient (Wildman–Crippen LogP) is 4.15. The molecule has 120 valence electrons. The minimum Gasteiger partial charge on any atom is -0.330 e. The van der Waals surface area contributed by atoms with Crippen LogP contribution in [-0.2, 0) is 6.54 Å². The Balaban J connectivity index is 0.00000176. The summed E-state index contributed by atoms with van der Waals surface area (Å²) in [5, 5.41) is 1.98. The molecule has 1 aromatic carbocycles. The van der Waals surface area contributed by atoms with Crippen LogP contribution in [0.3, 0.4) is 0 Å². The van der Waals surface area contributed by atoms with Crippen LogP contribution < -0.4 is 5.73 Å². The topological polar surface area (TPSA) is 29.3 Å². The third kappa shape index (κ3) is 3.69. The standard InChI is InChI=1S/C17H21FN2S.ClH/c1-17(11-19)6-7-20(12-17)10-13-4-5-15(18)14(9-13)16-3-2-8-21-16;/h2-5,8-9H,6-7,10-12,19H2,1H3;1H. The minimum atomic E-state index is -0.144. The van der Waals surface area contributed by atoms with Gasteiger partial charge in [0.1, 0.15) is 5.82 Å². The van der Waals surface area contributed by atoms with Gasteiger partial charge in [0.2, 0.25) is 0 Å². The zero-order chi connectivity index (χ0) is 14.9. The van der Waals surface area contributed by atoms with Gasteiger partial charge in [0.25, 0.3) is 0 Å². The van der Waals surface area contributed by atoms with Gasteiger partial charge >= 0.3 is 0 Å². The lowest BCUT2D eigenvalue weighted by molar-refractivity contribution is 0.274. The monoisotopic (exact) mass is 340 g/mol. The van der Waals surface area contributed by atoms with Crippen molar-refractivity contribution < 1.29 is 4.39 Å². The molecule has 1 aliphatic heterocycles. The molecular formula is C17H22ClFN2S. The van der Waals surface area contributed by atoms with E-state index < -0.39 is 0 Å². The highest BCUT2D eigenvalue weighted by Gasteiger charge is 2.32. The largest absolute Gasteiger partial charge is 0.330 e. The number of nitrogens with zero attached hydrogens (tertiary/aromatic N) is 1. The molecule has 2 heterocycles. The van der Waals surface area contributed by atoms with Crippen molar-refractivity contribution in [3.63, 3.8) is 0 Å². The van der Waals surface area contributed by atoms with Gasteiger partial charge in [0.15, 0.2) is 0 Å². The molecule has 1 atom stereocenters. The van der Waals surface area contributed by atoms with E-state index in [1.54, 1.807) is 17.4 Å². The van der Waals surface area contributed by atoms with Gasteiger partial charge in [-0.1, -0.05) is 19.1 Å². The van der Waals surface area contributed by atoms with Crippen molar-refractivity contribution >= 4 is 23.7 Å². The number of hydrogen-bond donors (Lipinski definition) is 1. The lowest BCUT2D eigenvalue weighted by Crippen LogP contribution is -2.31. The van der Waals surface area contributed by atoms with Crippen molar-refractivity contribution in [1.29, 1.82) is 0 Å². The second-order valence-corrected chi connectivity index (χ2v) is 7.21. The molecule has 1 saturated heterocycles. The van der Waals surface area contributed by atoms with Gasteiger partial charge in [-0.3, -0.25) is 4.90 Å². The Morgan fingerprint density at radius 2 is 2.18 bits per heavy atom. The molecule has 2 N–H and O–H groups in total. The summed E-state index contributed by atoms with van der Waals surface area (Å²) in [4.78, 5) is 3.40. The molecule has 0 bridgehead atoms. The van der Waals surface area contributed by atoms with Crippen LogP contribution in [-0.4, -0.2) is 24.5 Å². The molecule has 0 amide bonds. The quantitative estimate of drug-likeness (QED) is 0.906. The van der Waals surface area contributed by atoms with E-state index in [2.05, 4.69) is 11.8 Å². The fourth-order valence-electron chi connectivity index (χ4n) is 2.98. The first-order valence-electron chi connectivity index (χ1n) is 7.34. The summed E-state index contributed by atoms with van der Waals surface area (Å²) in [6.45, 7) is 5.94. The van der Waals surface area contributed by atoms with E-state index in [1.165, 1.54) is 5.56 Å². The number of hydrogen-bond acceptors (Lipinski definition) is 3. The smallest absolute Gasteiger partial charge is 0.131 e. The predicted molar refractivity (Wildman–Crippen MR) is 94.0 cm³/mol. The lowest BCUT2D eigenvalue weighted by atomic mass is 9.90. The molecule has 1 unspecified atom stereocenters. The Morgan fingerprint density at radius 3 is 2.82 bits per heavy atom. The lowest BCUT2D eigenvalue weighted by Gasteiger charge is -2.22. The van der Waals surface area contributed by atoms with Crippen molar-refractivity contribution in [3.8, 4) is 10.4 Å². The maximum Gasteiger partial charge on any atom is 0.131 e. The Bertz CT molecular complexity index is 617. The highest BCUT2D eigenvalue weighted by Crippen LogP contribution is 2.31. The Labute approximate surface area is 141 Å². The molecule has 0 saturated carbocycles. The molecule has 5 heteroatoms. The number of likely N-dealkylation sites (tertiary alicyclic amines) is 1. The number of nitrogens with two attached hydrogens (primary N) is 1. The van der Waals surface area contributed by atoms with Crippen LogP contribution in [0.4, 0.5) is 4.39 Å². The van der Waals surface area contributed by atoms with Crippen LogP contribution in [0.25, 0.3) is 10.4 Å². The summed E-state index contributed by atoms with van der Waals surface area (Å²) in [5.41, 5.74) is 7.97. The SMILES string of the molecule is CC1(CN)CCN(Cc2ccc(F)c(-c3cccs3)c2)C1.Cl. The first-order chi connectivity index (χ1) is 10.1. The Kier molecular flexibility index (Phi) is 5.61. The molecule has 2 aromatic rings. The summed E-state index contributed by atoms with van der Waals surface area (Å²) < 4.78 is 14.0. The van der Waals surface area contributed by atoms with Crippen LogP contribution >= 0.6 is 23.7 Å². The van der Waals surface area contributed by atoms with Crippen LogP contribution in [0.1, 0.15) is 18.9 Å². The number of thiophene rings is 1. The summed E-state index contributed by atoms with van der Waals surface area (Å²) in [6.07, 6.45) is 1.14. The fraction of sp³-hybridized carbons (Fsp3) is 0.412. The van der Waals surface area contributed by atoms with Gasteiger partial charge < -0.3 is 5.73 Å². The van der Waals surface area contributed by atoms with E-state index in [0.29, 0.717) is 5.56 Å². The summed E-state index contributed by atoms with van der Waals surface area (Å²) >= 11 is 1.57. The normalized spacial score (nSPS) is 21.8. The maximum absolute atomic E-state index is 14.0. The number of halogens is 2. The Hall–Kier alpha value is -0.940. The van der Waals surface area contributed by atoms with Gasteiger partial charge in [0.05, 0.1) is 0 Å². The van der Waals surface area contributed by atoms with Gasteiger partial charge in [-0.05, 0) is 54.1 Å². The minimum absolute atomic E-state index is 0. The van der Waals surface area contributed by atoms with Crippen molar-refractivity contribution in [2.75, 3.05) is 19.6 Å². The van der Waals surface area contributed by atoms with E-state index in [0.717, 1.165) is 37.5 Å². The second-order valence-electron chi connectivity index (χ2n) is 6.27. The van der Waals surface area contributed by atoms with E-state index in [1.807, 2.05) is 29.6 Å². The molecular weight excluding hydrogens is 319 g/mol. The highest BCUT2D eigenvalue weighted by molar-refractivity contribution is 7.13. The molecule has 1 fully saturated rings. The third-order valence-electron chi connectivity index (χ3n) is 4.35. The van der Waals surface area contributed by atoms with E-state index in [4.69, 9.17) is 5.73 Å². The number of benzene rings is 1. The van der Waals surface area contributed by atoms with Crippen molar-refractivity contribution in [2.24, 2.45) is 11.1 Å². The third-order valence-corrected chi connectivity index (χ3v) is 5.26. The van der Waals surface area contributed by atoms with E-state index in [-0.39, 0.29) is 23.6 Å². The van der Waals surface area contributed by atoms with E-state index >= 15 is 0 Å².